The zero-order valence-electron chi connectivity index (χ0n) is 11.7. The number of rotatable bonds is 7. The smallest absolute Gasteiger partial charge is 0.283 e. The van der Waals surface area contributed by atoms with Gasteiger partial charge in [0.05, 0.1) is 11.9 Å². The number of hydrogen-bond acceptors (Lipinski definition) is 3. The van der Waals surface area contributed by atoms with Gasteiger partial charge in [0.1, 0.15) is 4.47 Å². The molecule has 0 saturated heterocycles. The summed E-state index contributed by atoms with van der Waals surface area (Å²) in [5, 5.41) is 7.60. The van der Waals surface area contributed by atoms with Crippen molar-refractivity contribution in [3.63, 3.8) is 0 Å². The maximum Gasteiger partial charge on any atom is 0.283 e. The SMILES string of the molecule is CCCCn1ncc(NCC2(CC)CC2)c(Br)c1=O. The van der Waals surface area contributed by atoms with E-state index in [4.69, 9.17) is 0 Å². The van der Waals surface area contributed by atoms with Crippen molar-refractivity contribution in [2.45, 2.75) is 52.5 Å². The Morgan fingerprint density at radius 2 is 2.21 bits per heavy atom. The van der Waals surface area contributed by atoms with Gasteiger partial charge in [-0.15, -0.1) is 0 Å². The van der Waals surface area contributed by atoms with E-state index in [0.717, 1.165) is 25.1 Å². The number of nitrogens with one attached hydrogen (secondary N) is 1. The van der Waals surface area contributed by atoms with Crippen molar-refractivity contribution in [1.29, 1.82) is 0 Å². The number of aryl methyl sites for hydroxylation is 1. The van der Waals surface area contributed by atoms with E-state index < -0.39 is 0 Å². The van der Waals surface area contributed by atoms with Gasteiger partial charge in [-0.3, -0.25) is 4.79 Å². The minimum absolute atomic E-state index is 0.0419. The fourth-order valence-corrected chi connectivity index (χ4v) is 2.62. The maximum atomic E-state index is 12.1. The Balaban J connectivity index is 2.06. The lowest BCUT2D eigenvalue weighted by Crippen LogP contribution is -2.25. The first-order valence-corrected chi connectivity index (χ1v) is 7.90. The molecule has 0 unspecified atom stereocenters. The summed E-state index contributed by atoms with van der Waals surface area (Å²) >= 11 is 3.40. The minimum atomic E-state index is -0.0419. The normalized spacial score (nSPS) is 16.4. The van der Waals surface area contributed by atoms with Gasteiger partial charge in [0, 0.05) is 13.1 Å². The predicted octanol–water partition coefficient (Wildman–Crippen LogP) is 3.41. The monoisotopic (exact) mass is 327 g/mol. The van der Waals surface area contributed by atoms with Crippen LogP contribution in [0.5, 0.6) is 0 Å². The van der Waals surface area contributed by atoms with Gasteiger partial charge in [-0.2, -0.15) is 5.10 Å². The second-order valence-corrected chi connectivity index (χ2v) is 6.25. The van der Waals surface area contributed by atoms with Gasteiger partial charge >= 0.3 is 0 Å². The number of halogens is 1. The molecule has 4 nitrogen and oxygen atoms in total. The topological polar surface area (TPSA) is 46.9 Å². The fourth-order valence-electron chi connectivity index (χ4n) is 2.17. The second-order valence-electron chi connectivity index (χ2n) is 5.46. The van der Waals surface area contributed by atoms with Gasteiger partial charge in [0.2, 0.25) is 0 Å². The Morgan fingerprint density at radius 1 is 1.47 bits per heavy atom. The molecule has 0 aromatic carbocycles. The highest BCUT2D eigenvalue weighted by Crippen LogP contribution is 2.48. The molecule has 5 heteroatoms. The molecule has 1 aliphatic carbocycles. The molecule has 1 aliphatic rings. The summed E-state index contributed by atoms with van der Waals surface area (Å²) in [5.41, 5.74) is 1.23. The van der Waals surface area contributed by atoms with Crippen molar-refractivity contribution in [3.8, 4) is 0 Å². The summed E-state index contributed by atoms with van der Waals surface area (Å²) in [6.45, 7) is 5.95. The second kappa shape index (κ2) is 6.07. The maximum absolute atomic E-state index is 12.1. The quantitative estimate of drug-likeness (QED) is 0.834. The molecule has 2 rings (SSSR count). The van der Waals surface area contributed by atoms with Gasteiger partial charge in [0.15, 0.2) is 0 Å². The summed E-state index contributed by atoms with van der Waals surface area (Å²) in [6, 6.07) is 0. The van der Waals surface area contributed by atoms with Crippen LogP contribution in [0.15, 0.2) is 15.5 Å². The van der Waals surface area contributed by atoms with E-state index in [9.17, 15) is 4.79 Å². The summed E-state index contributed by atoms with van der Waals surface area (Å²) in [7, 11) is 0. The van der Waals surface area contributed by atoms with E-state index in [1.807, 2.05) is 0 Å². The Labute approximate surface area is 122 Å². The molecule has 0 spiro atoms. The molecule has 19 heavy (non-hydrogen) atoms. The first-order chi connectivity index (χ1) is 9.12. The van der Waals surface area contributed by atoms with Crippen molar-refractivity contribution in [2.24, 2.45) is 5.41 Å². The van der Waals surface area contributed by atoms with Crippen LogP contribution in [0.2, 0.25) is 0 Å². The van der Waals surface area contributed by atoms with E-state index in [0.29, 0.717) is 16.4 Å². The first-order valence-electron chi connectivity index (χ1n) is 7.11. The number of unbranched alkanes of at least 4 members (excludes halogenated alkanes) is 1. The third-order valence-corrected chi connectivity index (χ3v) is 4.84. The molecular formula is C14H22BrN3O. The number of anilines is 1. The molecule has 1 heterocycles. The van der Waals surface area contributed by atoms with Crippen LogP contribution < -0.4 is 10.9 Å². The molecule has 1 N–H and O–H groups in total. The van der Waals surface area contributed by atoms with Crippen LogP contribution in [0.25, 0.3) is 0 Å². The average Bonchev–Trinajstić information content (AvgIpc) is 3.20. The van der Waals surface area contributed by atoms with Crippen molar-refractivity contribution in [2.75, 3.05) is 11.9 Å². The Morgan fingerprint density at radius 3 is 2.79 bits per heavy atom. The summed E-state index contributed by atoms with van der Waals surface area (Å²) < 4.78 is 2.14. The van der Waals surface area contributed by atoms with Gasteiger partial charge < -0.3 is 5.32 Å². The Hall–Kier alpha value is -0.840. The summed E-state index contributed by atoms with van der Waals surface area (Å²) in [5.74, 6) is 0. The zero-order valence-corrected chi connectivity index (χ0v) is 13.3. The van der Waals surface area contributed by atoms with Crippen LogP contribution in [-0.2, 0) is 6.54 Å². The van der Waals surface area contributed by atoms with Crippen molar-refractivity contribution in [1.82, 2.24) is 9.78 Å². The van der Waals surface area contributed by atoms with E-state index in [-0.39, 0.29) is 5.56 Å². The molecule has 0 bridgehead atoms. The highest BCUT2D eigenvalue weighted by Gasteiger charge is 2.40. The van der Waals surface area contributed by atoms with Crippen LogP contribution >= 0.6 is 15.9 Å². The van der Waals surface area contributed by atoms with E-state index in [1.54, 1.807) is 6.20 Å². The Kier molecular flexibility index (Phi) is 4.66. The third kappa shape index (κ3) is 3.38. The van der Waals surface area contributed by atoms with Crippen LogP contribution in [0, 0.1) is 5.41 Å². The van der Waals surface area contributed by atoms with Gasteiger partial charge in [-0.1, -0.05) is 20.3 Å². The van der Waals surface area contributed by atoms with Crippen molar-refractivity contribution < 1.29 is 0 Å². The highest BCUT2D eigenvalue weighted by molar-refractivity contribution is 9.10. The number of hydrogen-bond donors (Lipinski definition) is 1. The molecule has 1 saturated carbocycles. The molecule has 1 fully saturated rings. The highest BCUT2D eigenvalue weighted by atomic mass is 79.9. The first kappa shape index (κ1) is 14.6. The van der Waals surface area contributed by atoms with Gasteiger partial charge in [-0.05, 0) is 47.0 Å². The minimum Gasteiger partial charge on any atom is -0.382 e. The molecule has 1 aromatic heterocycles. The van der Waals surface area contributed by atoms with Crippen molar-refractivity contribution in [3.05, 3.63) is 21.0 Å². The molecule has 106 valence electrons. The molecular weight excluding hydrogens is 306 g/mol. The molecule has 0 aliphatic heterocycles. The lowest BCUT2D eigenvalue weighted by Gasteiger charge is -2.15. The fraction of sp³-hybridized carbons (Fsp3) is 0.714. The average molecular weight is 328 g/mol. The van der Waals surface area contributed by atoms with E-state index >= 15 is 0 Å². The molecule has 0 amide bonds. The van der Waals surface area contributed by atoms with Crippen molar-refractivity contribution >= 4 is 21.6 Å². The largest absolute Gasteiger partial charge is 0.382 e. The molecule has 0 atom stereocenters. The van der Waals surface area contributed by atoms with E-state index in [2.05, 4.69) is 40.2 Å². The van der Waals surface area contributed by atoms with Gasteiger partial charge in [0.25, 0.3) is 5.56 Å². The third-order valence-electron chi connectivity index (χ3n) is 4.07. The standard InChI is InChI=1S/C14H22BrN3O/c1-3-5-8-18-13(19)12(15)11(9-17-18)16-10-14(4-2)6-7-14/h9,16H,3-8,10H2,1-2H3. The summed E-state index contributed by atoms with van der Waals surface area (Å²) in [6.07, 6.45) is 7.56. The zero-order chi connectivity index (χ0) is 13.9. The van der Waals surface area contributed by atoms with Gasteiger partial charge in [-0.25, -0.2) is 4.68 Å². The summed E-state index contributed by atoms with van der Waals surface area (Å²) in [4.78, 5) is 12.1. The number of aromatic nitrogens is 2. The van der Waals surface area contributed by atoms with E-state index in [1.165, 1.54) is 23.9 Å². The molecule has 0 radical (unpaired) electrons. The van der Waals surface area contributed by atoms with Crippen LogP contribution in [-0.4, -0.2) is 16.3 Å². The van der Waals surface area contributed by atoms with Crippen LogP contribution in [0.1, 0.15) is 46.0 Å². The lowest BCUT2D eigenvalue weighted by atomic mass is 10.0. The predicted molar refractivity (Wildman–Crippen MR) is 81.6 cm³/mol. The number of nitrogens with zero attached hydrogens (tertiary/aromatic N) is 2. The lowest BCUT2D eigenvalue weighted by molar-refractivity contribution is 0.518. The van der Waals surface area contributed by atoms with Crippen LogP contribution in [0.4, 0.5) is 5.69 Å². The molecule has 1 aromatic rings. The van der Waals surface area contributed by atoms with Crippen LogP contribution in [0.3, 0.4) is 0 Å². The Bertz CT molecular complexity index is 494.